The highest BCUT2D eigenvalue weighted by molar-refractivity contribution is 7.89. The maximum Gasteiger partial charge on any atom is 0.573 e. The van der Waals surface area contributed by atoms with Gasteiger partial charge in [0, 0.05) is 38.3 Å². The lowest BCUT2D eigenvalue weighted by molar-refractivity contribution is -0.275. The smallest absolute Gasteiger partial charge is 0.404 e. The molecule has 2 rings (SSSR count). The van der Waals surface area contributed by atoms with Gasteiger partial charge in [-0.2, -0.15) is 5.10 Å². The molecule has 12 heteroatoms. The van der Waals surface area contributed by atoms with Crippen LogP contribution in [-0.4, -0.2) is 49.5 Å². The van der Waals surface area contributed by atoms with Gasteiger partial charge in [0.1, 0.15) is 16.5 Å². The number of hydrogen-bond acceptors (Lipinski definition) is 5. The Labute approximate surface area is 178 Å². The van der Waals surface area contributed by atoms with E-state index in [1.54, 1.807) is 13.8 Å². The number of ether oxygens (including phenoxy) is 1. The van der Waals surface area contributed by atoms with Crippen molar-refractivity contribution in [3.05, 3.63) is 52.6 Å². The number of sulfonamides is 1. The van der Waals surface area contributed by atoms with Crippen LogP contribution in [-0.2, 0) is 23.0 Å². The molecular formula is C19H24F4N4O3S. The summed E-state index contributed by atoms with van der Waals surface area (Å²) in [6.45, 7) is 3.33. The van der Waals surface area contributed by atoms with E-state index in [1.165, 1.54) is 30.9 Å². The molecule has 0 aliphatic carbocycles. The summed E-state index contributed by atoms with van der Waals surface area (Å²) in [6.07, 6.45) is -3.70. The minimum atomic E-state index is -5.07. The normalized spacial score (nSPS) is 13.2. The number of nitrogens with zero attached hydrogens (tertiary/aromatic N) is 3. The van der Waals surface area contributed by atoms with E-state index < -0.39 is 32.9 Å². The predicted molar refractivity (Wildman–Crippen MR) is 107 cm³/mol. The second-order valence-corrected chi connectivity index (χ2v) is 9.11. The van der Waals surface area contributed by atoms with Gasteiger partial charge < -0.3 is 10.5 Å². The van der Waals surface area contributed by atoms with E-state index in [9.17, 15) is 26.0 Å². The summed E-state index contributed by atoms with van der Waals surface area (Å²) in [7, 11) is -1.75. The molecule has 31 heavy (non-hydrogen) atoms. The first-order chi connectivity index (χ1) is 14.3. The number of rotatable bonds is 8. The lowest BCUT2D eigenvalue weighted by Crippen LogP contribution is -2.25. The molecule has 172 valence electrons. The summed E-state index contributed by atoms with van der Waals surface area (Å²) >= 11 is 0. The Morgan fingerprint density at radius 2 is 1.94 bits per heavy atom. The molecule has 2 aromatic rings. The number of allylic oxidation sites excluding steroid dienone is 1. The zero-order valence-electron chi connectivity index (χ0n) is 17.5. The summed E-state index contributed by atoms with van der Waals surface area (Å²) in [4.78, 5) is -0.600. The first-order valence-corrected chi connectivity index (χ1v) is 10.6. The van der Waals surface area contributed by atoms with Gasteiger partial charge in [0.25, 0.3) is 0 Å². The van der Waals surface area contributed by atoms with E-state index in [2.05, 4.69) is 9.84 Å². The Morgan fingerprint density at radius 1 is 1.29 bits per heavy atom. The van der Waals surface area contributed by atoms with E-state index in [1.807, 2.05) is 0 Å². The van der Waals surface area contributed by atoms with Gasteiger partial charge >= 0.3 is 6.36 Å². The van der Waals surface area contributed by atoms with Gasteiger partial charge in [0.15, 0.2) is 0 Å². The summed E-state index contributed by atoms with van der Waals surface area (Å²) in [5.41, 5.74) is 7.55. The van der Waals surface area contributed by atoms with Crippen LogP contribution < -0.4 is 10.5 Å². The summed E-state index contributed by atoms with van der Waals surface area (Å²) < 4.78 is 83.5. The molecule has 0 atom stereocenters. The fourth-order valence-electron chi connectivity index (χ4n) is 2.96. The first kappa shape index (κ1) is 24.8. The molecule has 7 nitrogen and oxygen atoms in total. The largest absolute Gasteiger partial charge is 0.573 e. The molecule has 0 aliphatic rings. The van der Waals surface area contributed by atoms with Crippen molar-refractivity contribution in [1.29, 1.82) is 0 Å². The highest BCUT2D eigenvalue weighted by Crippen LogP contribution is 2.33. The quantitative estimate of drug-likeness (QED) is 0.607. The van der Waals surface area contributed by atoms with Gasteiger partial charge in [-0.15, -0.1) is 13.2 Å². The van der Waals surface area contributed by atoms with Crippen molar-refractivity contribution in [2.75, 3.05) is 20.6 Å². The van der Waals surface area contributed by atoms with Crippen LogP contribution in [0.4, 0.5) is 17.6 Å². The topological polar surface area (TPSA) is 90.5 Å². The van der Waals surface area contributed by atoms with Crippen molar-refractivity contribution in [2.24, 2.45) is 5.73 Å². The molecule has 1 heterocycles. The Morgan fingerprint density at radius 3 is 2.48 bits per heavy atom. The summed E-state index contributed by atoms with van der Waals surface area (Å²) in [6, 6.07) is 3.52. The molecule has 0 radical (unpaired) electrons. The van der Waals surface area contributed by atoms with Gasteiger partial charge in [-0.1, -0.05) is 6.07 Å². The summed E-state index contributed by atoms with van der Waals surface area (Å²) in [5.74, 6) is -1.28. The van der Waals surface area contributed by atoms with E-state index in [0.29, 0.717) is 22.5 Å². The minimum absolute atomic E-state index is 0.0438. The number of aromatic nitrogens is 2. The average molecular weight is 464 g/mol. The molecule has 0 unspecified atom stereocenters. The van der Waals surface area contributed by atoms with Crippen LogP contribution in [0.1, 0.15) is 22.5 Å². The molecule has 0 saturated carbocycles. The van der Waals surface area contributed by atoms with Gasteiger partial charge in [-0.25, -0.2) is 17.1 Å². The Kier molecular flexibility index (Phi) is 7.50. The molecule has 0 amide bonds. The number of benzene rings is 1. The van der Waals surface area contributed by atoms with Crippen LogP contribution in [0, 0.1) is 13.8 Å². The third-order valence-electron chi connectivity index (χ3n) is 4.54. The van der Waals surface area contributed by atoms with E-state index >= 15 is 0 Å². The molecular weight excluding hydrogens is 440 g/mol. The molecule has 1 aromatic carbocycles. The molecule has 2 N–H and O–H groups in total. The van der Waals surface area contributed by atoms with Crippen LogP contribution in [0.2, 0.25) is 0 Å². The zero-order chi connectivity index (χ0) is 23.6. The summed E-state index contributed by atoms with van der Waals surface area (Å²) in [5, 5.41) is 4.27. The van der Waals surface area contributed by atoms with E-state index in [-0.39, 0.29) is 19.5 Å². The fourth-order valence-corrected chi connectivity index (χ4v) is 3.95. The second-order valence-electron chi connectivity index (χ2n) is 6.99. The number of nitrogens with two attached hydrogens (primary N) is 1. The predicted octanol–water partition coefficient (Wildman–Crippen LogP) is 3.05. The third kappa shape index (κ3) is 6.05. The highest BCUT2D eigenvalue weighted by Gasteiger charge is 2.35. The highest BCUT2D eigenvalue weighted by atomic mass is 32.2. The number of halogens is 4. The van der Waals surface area contributed by atoms with Crippen LogP contribution in [0.15, 0.2) is 35.0 Å². The Bertz CT molecular complexity index is 1080. The van der Waals surface area contributed by atoms with Crippen molar-refractivity contribution >= 4 is 10.0 Å². The van der Waals surface area contributed by atoms with Crippen molar-refractivity contribution in [3.63, 3.8) is 0 Å². The maximum atomic E-state index is 13.8. The number of alkyl halides is 3. The van der Waals surface area contributed by atoms with Crippen molar-refractivity contribution < 1.29 is 30.7 Å². The monoisotopic (exact) mass is 464 g/mol. The van der Waals surface area contributed by atoms with Gasteiger partial charge in [-0.05, 0) is 37.6 Å². The van der Waals surface area contributed by atoms with Crippen molar-refractivity contribution in [1.82, 2.24) is 14.1 Å². The Balaban J connectivity index is 2.46. The number of hydrogen-bond donors (Lipinski definition) is 1. The fraction of sp³-hybridized carbons (Fsp3) is 0.421. The van der Waals surface area contributed by atoms with Crippen LogP contribution >= 0.6 is 0 Å². The Hall–Kier alpha value is -2.44. The third-order valence-corrected chi connectivity index (χ3v) is 6.40. The van der Waals surface area contributed by atoms with Crippen LogP contribution in [0.3, 0.4) is 0 Å². The van der Waals surface area contributed by atoms with Gasteiger partial charge in [0.2, 0.25) is 10.0 Å². The number of aryl methyl sites for hydroxylation is 1. The second kappa shape index (κ2) is 9.37. The average Bonchev–Trinajstić information content (AvgIpc) is 2.87. The maximum absolute atomic E-state index is 13.8. The van der Waals surface area contributed by atoms with Crippen LogP contribution in [0.5, 0.6) is 5.75 Å². The van der Waals surface area contributed by atoms with Crippen molar-refractivity contribution in [2.45, 2.75) is 38.1 Å². The lowest BCUT2D eigenvalue weighted by Gasteiger charge is -2.17. The van der Waals surface area contributed by atoms with E-state index in [0.717, 1.165) is 16.4 Å². The lowest BCUT2D eigenvalue weighted by atomic mass is 10.0. The van der Waals surface area contributed by atoms with Crippen LogP contribution in [0.25, 0.3) is 0 Å². The van der Waals surface area contributed by atoms with Gasteiger partial charge in [-0.3, -0.25) is 4.68 Å². The van der Waals surface area contributed by atoms with E-state index in [4.69, 9.17) is 5.73 Å². The molecule has 1 aromatic heterocycles. The first-order valence-electron chi connectivity index (χ1n) is 9.15. The molecule has 0 aliphatic heterocycles. The molecule has 0 saturated heterocycles. The molecule has 0 spiro atoms. The molecule has 0 bridgehead atoms. The standard InChI is InChI=1S/C19H24F4N4O3S/c1-12-16(13(2)27(25-12)11-15(20)7-8-24)9-14-5-6-18(31(28,29)26(3)4)17(10-14)30-19(21,22)23/h5-7,10H,8-9,11,24H2,1-4H3. The minimum Gasteiger partial charge on any atom is -0.404 e. The SMILES string of the molecule is Cc1nn(CC(F)=CCN)c(C)c1Cc1ccc(S(=O)(=O)N(C)C)c(OC(F)(F)F)c1. The van der Waals surface area contributed by atoms with Gasteiger partial charge in [0.05, 0.1) is 12.2 Å². The zero-order valence-corrected chi connectivity index (χ0v) is 18.3. The molecule has 0 fully saturated rings. The van der Waals surface area contributed by atoms with Crippen molar-refractivity contribution in [3.8, 4) is 5.75 Å².